The average molecular weight is 250 g/mol. The Bertz CT molecular complexity index is 444. The number of anilines is 1. The van der Waals surface area contributed by atoms with Crippen molar-refractivity contribution in [3.05, 3.63) is 11.8 Å². The summed E-state index contributed by atoms with van der Waals surface area (Å²) in [6.07, 6.45) is 4.86. The summed E-state index contributed by atoms with van der Waals surface area (Å²) in [6, 6.07) is 0. The second kappa shape index (κ2) is 4.63. The molecule has 0 atom stereocenters. The maximum absolute atomic E-state index is 12.3. The topological polar surface area (TPSA) is 64.2 Å². The summed E-state index contributed by atoms with van der Waals surface area (Å²) in [5.41, 5.74) is 6.75. The lowest BCUT2D eigenvalue weighted by molar-refractivity contribution is 0.0601. The molecule has 0 aromatic carbocycles. The van der Waals surface area contributed by atoms with Gasteiger partial charge in [-0.25, -0.2) is 0 Å². The summed E-state index contributed by atoms with van der Waals surface area (Å²) in [5.74, 6) is 0.461. The number of nitrogen functional groups attached to an aromatic ring is 1. The van der Waals surface area contributed by atoms with Crippen molar-refractivity contribution in [3.8, 4) is 0 Å². The van der Waals surface area contributed by atoms with Gasteiger partial charge in [-0.05, 0) is 18.3 Å². The van der Waals surface area contributed by atoms with Crippen LogP contribution in [0.5, 0.6) is 0 Å². The van der Waals surface area contributed by atoms with Gasteiger partial charge in [-0.3, -0.25) is 9.48 Å². The summed E-state index contributed by atoms with van der Waals surface area (Å²) >= 11 is 0. The van der Waals surface area contributed by atoms with Gasteiger partial charge in [0.25, 0.3) is 5.91 Å². The first-order valence-electron chi connectivity index (χ1n) is 6.53. The Kier molecular flexibility index (Phi) is 3.32. The normalized spacial score (nSPS) is 18.9. The second-order valence-corrected chi connectivity index (χ2v) is 5.52. The number of amides is 1. The van der Waals surface area contributed by atoms with E-state index in [1.54, 1.807) is 13.2 Å². The molecule has 0 unspecified atom stereocenters. The maximum atomic E-state index is 12.3. The van der Waals surface area contributed by atoms with Gasteiger partial charge < -0.3 is 10.6 Å². The molecule has 100 valence electrons. The Morgan fingerprint density at radius 3 is 2.56 bits per heavy atom. The molecular formula is C13H22N4O. The van der Waals surface area contributed by atoms with Crippen LogP contribution in [0, 0.1) is 5.41 Å². The predicted molar refractivity (Wildman–Crippen MR) is 71.2 cm³/mol. The van der Waals surface area contributed by atoms with Crippen LogP contribution in [0.1, 0.15) is 43.5 Å². The SMILES string of the molecule is CCC1(C)CCN(C(=O)c2cnn(C)c2N)CC1. The zero-order valence-electron chi connectivity index (χ0n) is 11.4. The van der Waals surface area contributed by atoms with E-state index in [-0.39, 0.29) is 5.91 Å². The van der Waals surface area contributed by atoms with Gasteiger partial charge in [0.15, 0.2) is 0 Å². The number of hydrogen-bond donors (Lipinski definition) is 1. The predicted octanol–water partition coefficient (Wildman–Crippen LogP) is 1.65. The highest BCUT2D eigenvalue weighted by molar-refractivity contribution is 5.98. The fraction of sp³-hybridized carbons (Fsp3) is 0.692. The molecule has 1 aromatic heterocycles. The van der Waals surface area contributed by atoms with Crippen molar-refractivity contribution >= 4 is 11.7 Å². The number of hydrogen-bond acceptors (Lipinski definition) is 3. The van der Waals surface area contributed by atoms with E-state index in [1.165, 1.54) is 11.1 Å². The highest BCUT2D eigenvalue weighted by Crippen LogP contribution is 2.34. The Hall–Kier alpha value is -1.52. The zero-order chi connectivity index (χ0) is 13.3. The molecule has 1 aliphatic heterocycles. The first-order valence-corrected chi connectivity index (χ1v) is 6.53. The van der Waals surface area contributed by atoms with Crippen LogP contribution < -0.4 is 5.73 Å². The van der Waals surface area contributed by atoms with Crippen LogP contribution >= 0.6 is 0 Å². The molecule has 1 fully saturated rings. The third-order valence-corrected chi connectivity index (χ3v) is 4.33. The molecule has 0 aliphatic carbocycles. The van der Waals surface area contributed by atoms with Crippen molar-refractivity contribution in [1.82, 2.24) is 14.7 Å². The monoisotopic (exact) mass is 250 g/mol. The molecule has 1 aromatic rings. The van der Waals surface area contributed by atoms with Crippen LogP contribution in [0.15, 0.2) is 6.20 Å². The third kappa shape index (κ3) is 2.21. The number of nitrogens with two attached hydrogens (primary N) is 1. The van der Waals surface area contributed by atoms with Crippen molar-refractivity contribution in [2.24, 2.45) is 12.5 Å². The largest absolute Gasteiger partial charge is 0.383 e. The van der Waals surface area contributed by atoms with Crippen molar-refractivity contribution < 1.29 is 4.79 Å². The number of rotatable bonds is 2. The number of aromatic nitrogens is 2. The summed E-state index contributed by atoms with van der Waals surface area (Å²) in [6.45, 7) is 6.15. The lowest BCUT2D eigenvalue weighted by Crippen LogP contribution is -2.42. The number of likely N-dealkylation sites (tertiary alicyclic amines) is 1. The fourth-order valence-electron chi connectivity index (χ4n) is 2.39. The Morgan fingerprint density at radius 1 is 1.50 bits per heavy atom. The van der Waals surface area contributed by atoms with E-state index in [0.717, 1.165) is 25.9 Å². The van der Waals surface area contributed by atoms with E-state index in [1.807, 2.05) is 4.90 Å². The highest BCUT2D eigenvalue weighted by atomic mass is 16.2. The van der Waals surface area contributed by atoms with Crippen LogP contribution in [0.25, 0.3) is 0 Å². The van der Waals surface area contributed by atoms with E-state index in [0.29, 0.717) is 16.8 Å². The second-order valence-electron chi connectivity index (χ2n) is 5.52. The lowest BCUT2D eigenvalue weighted by atomic mass is 9.78. The number of carbonyl (C=O) groups is 1. The molecule has 5 heteroatoms. The van der Waals surface area contributed by atoms with Crippen LogP contribution in [-0.2, 0) is 7.05 Å². The fourth-order valence-corrected chi connectivity index (χ4v) is 2.39. The summed E-state index contributed by atoms with van der Waals surface area (Å²) in [4.78, 5) is 14.2. The Labute approximate surface area is 108 Å². The summed E-state index contributed by atoms with van der Waals surface area (Å²) in [5, 5.41) is 4.02. The van der Waals surface area contributed by atoms with Gasteiger partial charge in [0.2, 0.25) is 0 Å². The quantitative estimate of drug-likeness (QED) is 0.868. The number of nitrogens with zero attached hydrogens (tertiary/aromatic N) is 3. The first kappa shape index (κ1) is 12.9. The molecule has 5 nitrogen and oxygen atoms in total. The maximum Gasteiger partial charge on any atom is 0.259 e. The first-order chi connectivity index (χ1) is 8.47. The Balaban J connectivity index is 2.06. The number of piperidine rings is 1. The molecule has 0 radical (unpaired) electrons. The number of aryl methyl sites for hydroxylation is 1. The molecule has 2 N–H and O–H groups in total. The molecule has 1 saturated heterocycles. The molecule has 0 spiro atoms. The number of carbonyl (C=O) groups excluding carboxylic acids is 1. The van der Waals surface area contributed by atoms with Gasteiger partial charge in [-0.1, -0.05) is 20.3 Å². The van der Waals surface area contributed by atoms with Crippen molar-refractivity contribution in [2.45, 2.75) is 33.1 Å². The summed E-state index contributed by atoms with van der Waals surface area (Å²) in [7, 11) is 1.75. The van der Waals surface area contributed by atoms with E-state index in [2.05, 4.69) is 18.9 Å². The van der Waals surface area contributed by atoms with E-state index in [9.17, 15) is 4.79 Å². The molecule has 2 heterocycles. The van der Waals surface area contributed by atoms with Crippen molar-refractivity contribution in [2.75, 3.05) is 18.8 Å². The van der Waals surface area contributed by atoms with E-state index < -0.39 is 0 Å². The molecule has 1 aliphatic rings. The molecule has 18 heavy (non-hydrogen) atoms. The molecule has 1 amide bonds. The van der Waals surface area contributed by atoms with Gasteiger partial charge in [-0.15, -0.1) is 0 Å². The molecular weight excluding hydrogens is 228 g/mol. The van der Waals surface area contributed by atoms with Crippen LogP contribution in [0.3, 0.4) is 0 Å². The van der Waals surface area contributed by atoms with Crippen LogP contribution in [-0.4, -0.2) is 33.7 Å². The van der Waals surface area contributed by atoms with Gasteiger partial charge in [0.05, 0.1) is 6.20 Å². The van der Waals surface area contributed by atoms with Gasteiger partial charge in [0, 0.05) is 20.1 Å². The van der Waals surface area contributed by atoms with E-state index in [4.69, 9.17) is 5.73 Å². The van der Waals surface area contributed by atoms with Crippen LogP contribution in [0.2, 0.25) is 0 Å². The van der Waals surface area contributed by atoms with Gasteiger partial charge in [0.1, 0.15) is 11.4 Å². The zero-order valence-corrected chi connectivity index (χ0v) is 11.4. The average Bonchev–Trinajstić information content (AvgIpc) is 2.70. The molecule has 2 rings (SSSR count). The van der Waals surface area contributed by atoms with E-state index >= 15 is 0 Å². The van der Waals surface area contributed by atoms with Crippen molar-refractivity contribution in [3.63, 3.8) is 0 Å². The Morgan fingerprint density at radius 2 is 2.11 bits per heavy atom. The lowest BCUT2D eigenvalue weighted by Gasteiger charge is -2.38. The standard InChI is InChI=1S/C13H22N4O/c1-4-13(2)5-7-17(8-6-13)12(18)10-9-15-16(3)11(10)14/h9H,4-8,14H2,1-3H3. The molecule has 0 bridgehead atoms. The third-order valence-electron chi connectivity index (χ3n) is 4.33. The minimum Gasteiger partial charge on any atom is -0.383 e. The van der Waals surface area contributed by atoms with Crippen LogP contribution in [0.4, 0.5) is 5.82 Å². The smallest absolute Gasteiger partial charge is 0.259 e. The minimum absolute atomic E-state index is 0.0127. The molecule has 0 saturated carbocycles. The van der Waals surface area contributed by atoms with Gasteiger partial charge >= 0.3 is 0 Å². The highest BCUT2D eigenvalue weighted by Gasteiger charge is 2.31. The minimum atomic E-state index is 0.0127. The van der Waals surface area contributed by atoms with Gasteiger partial charge in [-0.2, -0.15) is 5.10 Å². The van der Waals surface area contributed by atoms with Crippen molar-refractivity contribution in [1.29, 1.82) is 0 Å². The summed E-state index contributed by atoms with van der Waals surface area (Å²) < 4.78 is 1.54.